The van der Waals surface area contributed by atoms with Crippen molar-refractivity contribution in [2.45, 2.75) is 38.5 Å². The van der Waals surface area contributed by atoms with Crippen LogP contribution in [0.5, 0.6) is 0 Å². The van der Waals surface area contributed by atoms with Crippen LogP contribution in [0.1, 0.15) is 29.8 Å². The smallest absolute Gasteiger partial charge is 0.256 e. The van der Waals surface area contributed by atoms with Gasteiger partial charge in [-0.25, -0.2) is 8.78 Å². The lowest BCUT2D eigenvalue weighted by Gasteiger charge is -2.40. The van der Waals surface area contributed by atoms with E-state index in [1.54, 1.807) is 7.05 Å². The highest BCUT2D eigenvalue weighted by atomic mass is 19.2. The third-order valence-electron chi connectivity index (χ3n) is 4.82. The molecule has 1 saturated heterocycles. The standard InChI is InChI=1S/C19H24F2N4O2/c1-13-9-15(23-22-13)11-24(2)12-19(27)7-4-8-25(18(19)26)10-14-5-3-6-16(20)17(14)21/h3,5-6,9,27H,4,7-8,10-12H2,1-2H3,(H,22,23). The minimum Gasteiger partial charge on any atom is -0.379 e. The first-order valence-corrected chi connectivity index (χ1v) is 8.92. The van der Waals surface area contributed by atoms with Crippen molar-refractivity contribution in [2.24, 2.45) is 0 Å². The predicted octanol–water partition coefficient (Wildman–Crippen LogP) is 1.98. The van der Waals surface area contributed by atoms with Crippen LogP contribution in [0.4, 0.5) is 8.78 Å². The molecule has 0 aliphatic carbocycles. The number of amides is 1. The first-order valence-electron chi connectivity index (χ1n) is 8.92. The fraction of sp³-hybridized carbons (Fsp3) is 0.474. The summed E-state index contributed by atoms with van der Waals surface area (Å²) in [7, 11) is 1.81. The van der Waals surface area contributed by atoms with Gasteiger partial charge in [0.1, 0.15) is 0 Å². The molecule has 2 heterocycles. The fourth-order valence-corrected chi connectivity index (χ4v) is 3.57. The quantitative estimate of drug-likeness (QED) is 0.806. The van der Waals surface area contributed by atoms with E-state index in [0.29, 0.717) is 25.9 Å². The maximum absolute atomic E-state index is 13.9. The number of carbonyl (C=O) groups excluding carboxylic acids is 1. The van der Waals surface area contributed by atoms with Gasteiger partial charge in [0.2, 0.25) is 0 Å². The SMILES string of the molecule is Cc1cc(CN(C)CC2(O)CCCN(Cc3cccc(F)c3F)C2=O)n[nH]1. The lowest BCUT2D eigenvalue weighted by molar-refractivity contribution is -0.160. The molecule has 0 bridgehead atoms. The van der Waals surface area contributed by atoms with E-state index in [1.165, 1.54) is 17.0 Å². The number of aromatic nitrogens is 2. The van der Waals surface area contributed by atoms with Crippen molar-refractivity contribution in [1.29, 1.82) is 0 Å². The number of carbonyl (C=O) groups is 1. The molecule has 1 aliphatic heterocycles. The Hall–Kier alpha value is -2.32. The molecule has 1 atom stereocenters. The molecule has 1 aromatic heterocycles. The molecular formula is C19H24F2N4O2. The molecule has 2 aromatic rings. The zero-order chi connectivity index (χ0) is 19.6. The summed E-state index contributed by atoms with van der Waals surface area (Å²) in [6.45, 7) is 2.86. The molecule has 2 N–H and O–H groups in total. The van der Waals surface area contributed by atoms with Gasteiger partial charge < -0.3 is 10.0 Å². The number of benzene rings is 1. The van der Waals surface area contributed by atoms with E-state index in [0.717, 1.165) is 17.5 Å². The van der Waals surface area contributed by atoms with E-state index in [2.05, 4.69) is 10.2 Å². The van der Waals surface area contributed by atoms with Crippen LogP contribution < -0.4 is 0 Å². The number of hydrogen-bond acceptors (Lipinski definition) is 4. The third-order valence-corrected chi connectivity index (χ3v) is 4.82. The van der Waals surface area contributed by atoms with Crippen molar-refractivity contribution >= 4 is 5.91 Å². The van der Waals surface area contributed by atoms with Crippen LogP contribution in [0, 0.1) is 18.6 Å². The molecule has 3 rings (SSSR count). The number of H-pyrrole nitrogens is 1. The number of aliphatic hydroxyl groups is 1. The highest BCUT2D eigenvalue weighted by Gasteiger charge is 2.43. The van der Waals surface area contributed by atoms with E-state index in [4.69, 9.17) is 0 Å². The maximum Gasteiger partial charge on any atom is 0.256 e. The van der Waals surface area contributed by atoms with Crippen LogP contribution in [0.25, 0.3) is 0 Å². The fourth-order valence-electron chi connectivity index (χ4n) is 3.57. The Bertz CT molecular complexity index is 826. The highest BCUT2D eigenvalue weighted by Crippen LogP contribution is 2.26. The van der Waals surface area contributed by atoms with Crippen molar-refractivity contribution < 1.29 is 18.7 Å². The zero-order valence-electron chi connectivity index (χ0n) is 15.5. The van der Waals surface area contributed by atoms with Gasteiger partial charge in [-0.1, -0.05) is 12.1 Å². The molecule has 8 heteroatoms. The highest BCUT2D eigenvalue weighted by molar-refractivity contribution is 5.86. The summed E-state index contributed by atoms with van der Waals surface area (Å²) in [5, 5.41) is 18.0. The number of hydrogen-bond donors (Lipinski definition) is 2. The van der Waals surface area contributed by atoms with Gasteiger partial charge in [0.15, 0.2) is 17.2 Å². The molecular weight excluding hydrogens is 354 g/mol. The zero-order valence-corrected chi connectivity index (χ0v) is 15.5. The van der Waals surface area contributed by atoms with Gasteiger partial charge in [-0.3, -0.25) is 14.8 Å². The van der Waals surface area contributed by atoms with Crippen LogP contribution in [-0.2, 0) is 17.9 Å². The number of halogens is 2. The molecule has 6 nitrogen and oxygen atoms in total. The summed E-state index contributed by atoms with van der Waals surface area (Å²) in [6.07, 6.45) is 0.923. The average molecular weight is 378 g/mol. The Morgan fingerprint density at radius 3 is 2.89 bits per heavy atom. The van der Waals surface area contributed by atoms with Crippen molar-refractivity contribution in [3.63, 3.8) is 0 Å². The Kier molecular flexibility index (Phi) is 5.57. The number of aryl methyl sites for hydroxylation is 1. The van der Waals surface area contributed by atoms with E-state index in [9.17, 15) is 18.7 Å². The molecule has 1 unspecified atom stereocenters. The summed E-state index contributed by atoms with van der Waals surface area (Å²) < 4.78 is 27.4. The van der Waals surface area contributed by atoms with E-state index in [-0.39, 0.29) is 18.7 Å². The number of nitrogens with zero attached hydrogens (tertiary/aromatic N) is 3. The average Bonchev–Trinajstić information content (AvgIpc) is 3.00. The minimum atomic E-state index is -1.55. The van der Waals surface area contributed by atoms with Crippen LogP contribution >= 0.6 is 0 Å². The Labute approximate surface area is 156 Å². The largest absolute Gasteiger partial charge is 0.379 e. The number of rotatable bonds is 6. The lowest BCUT2D eigenvalue weighted by atomic mass is 9.90. The molecule has 27 heavy (non-hydrogen) atoms. The first-order chi connectivity index (χ1) is 12.8. The van der Waals surface area contributed by atoms with Gasteiger partial charge >= 0.3 is 0 Å². The number of piperidine rings is 1. The van der Waals surface area contributed by atoms with Crippen LogP contribution in [0.15, 0.2) is 24.3 Å². The molecule has 146 valence electrons. The van der Waals surface area contributed by atoms with Gasteiger partial charge in [-0.2, -0.15) is 5.10 Å². The first kappa shape index (κ1) is 19.4. The molecule has 0 saturated carbocycles. The molecule has 1 aromatic carbocycles. The maximum atomic E-state index is 13.9. The molecule has 1 fully saturated rings. The van der Waals surface area contributed by atoms with Crippen molar-refractivity contribution in [2.75, 3.05) is 20.1 Å². The number of likely N-dealkylation sites (N-methyl/N-ethyl adjacent to an activating group) is 1. The van der Waals surface area contributed by atoms with E-state index < -0.39 is 23.1 Å². The summed E-state index contributed by atoms with van der Waals surface area (Å²) in [5.41, 5.74) is 0.310. The van der Waals surface area contributed by atoms with Crippen LogP contribution in [0.3, 0.4) is 0 Å². The van der Waals surface area contributed by atoms with Gasteiger partial charge in [-0.05, 0) is 38.9 Å². The minimum absolute atomic E-state index is 0.0625. The van der Waals surface area contributed by atoms with Crippen molar-refractivity contribution in [3.8, 4) is 0 Å². The molecule has 1 aliphatic rings. The Balaban J connectivity index is 1.68. The lowest BCUT2D eigenvalue weighted by Crippen LogP contribution is -2.57. The number of nitrogens with one attached hydrogen (secondary N) is 1. The van der Waals surface area contributed by atoms with Crippen molar-refractivity contribution in [3.05, 3.63) is 52.9 Å². The molecule has 0 spiro atoms. The predicted molar refractivity (Wildman–Crippen MR) is 95.6 cm³/mol. The second kappa shape index (κ2) is 7.74. The topological polar surface area (TPSA) is 72.5 Å². The van der Waals surface area contributed by atoms with Crippen LogP contribution in [-0.4, -0.2) is 56.7 Å². The Morgan fingerprint density at radius 2 is 2.19 bits per heavy atom. The van der Waals surface area contributed by atoms with Gasteiger partial charge in [0, 0.05) is 37.4 Å². The normalized spacial score (nSPS) is 20.5. The Morgan fingerprint density at radius 1 is 1.41 bits per heavy atom. The summed E-state index contributed by atoms with van der Waals surface area (Å²) in [6, 6.07) is 5.81. The summed E-state index contributed by atoms with van der Waals surface area (Å²) in [5.74, 6) is -2.35. The van der Waals surface area contributed by atoms with E-state index >= 15 is 0 Å². The van der Waals surface area contributed by atoms with Gasteiger partial charge in [0.25, 0.3) is 5.91 Å². The summed E-state index contributed by atoms with van der Waals surface area (Å²) in [4.78, 5) is 16.1. The molecule has 1 amide bonds. The van der Waals surface area contributed by atoms with Gasteiger partial charge in [-0.15, -0.1) is 0 Å². The second-order valence-electron chi connectivity index (χ2n) is 7.29. The van der Waals surface area contributed by atoms with E-state index in [1.807, 2.05) is 17.9 Å². The summed E-state index contributed by atoms with van der Waals surface area (Å²) >= 11 is 0. The monoisotopic (exact) mass is 378 g/mol. The molecule has 0 radical (unpaired) electrons. The number of aromatic amines is 1. The van der Waals surface area contributed by atoms with Crippen molar-refractivity contribution in [1.82, 2.24) is 20.0 Å². The van der Waals surface area contributed by atoms with Crippen LogP contribution in [0.2, 0.25) is 0 Å². The second-order valence-corrected chi connectivity index (χ2v) is 7.29. The number of likely N-dealkylation sites (tertiary alicyclic amines) is 1. The third kappa shape index (κ3) is 4.33. The van der Waals surface area contributed by atoms with Gasteiger partial charge in [0.05, 0.1) is 5.69 Å².